The fourth-order valence-corrected chi connectivity index (χ4v) is 2.89. The van der Waals surface area contributed by atoms with Crippen molar-refractivity contribution in [2.24, 2.45) is 5.73 Å². The summed E-state index contributed by atoms with van der Waals surface area (Å²) in [7, 11) is 0. The topological polar surface area (TPSA) is 55.1 Å². The molecule has 0 saturated carbocycles. The van der Waals surface area contributed by atoms with Crippen molar-refractivity contribution in [2.75, 3.05) is 0 Å². The lowest BCUT2D eigenvalue weighted by atomic mass is 10.0. The monoisotopic (exact) mass is 288 g/mol. The van der Waals surface area contributed by atoms with Gasteiger partial charge in [0.1, 0.15) is 0 Å². The molecule has 2 atom stereocenters. The van der Waals surface area contributed by atoms with E-state index in [1.807, 2.05) is 11.4 Å². The van der Waals surface area contributed by atoms with Gasteiger partial charge in [0.05, 0.1) is 12.1 Å². The highest BCUT2D eigenvalue weighted by molar-refractivity contribution is 7.10. The number of nitrogens with two attached hydrogens (primary N) is 1. The van der Waals surface area contributed by atoms with Crippen LogP contribution in [0.25, 0.3) is 0 Å². The van der Waals surface area contributed by atoms with Crippen LogP contribution in [0.15, 0.2) is 41.8 Å². The van der Waals surface area contributed by atoms with E-state index in [9.17, 15) is 4.79 Å². The minimum atomic E-state index is -0.368. The summed E-state index contributed by atoms with van der Waals surface area (Å²) in [6.07, 6.45) is 1.02. The number of aryl methyl sites for hydroxylation is 1. The van der Waals surface area contributed by atoms with Crippen molar-refractivity contribution in [1.29, 1.82) is 0 Å². The van der Waals surface area contributed by atoms with E-state index in [0.717, 1.165) is 12.0 Å². The predicted octanol–water partition coefficient (Wildman–Crippen LogP) is 2.86. The van der Waals surface area contributed by atoms with Crippen LogP contribution in [-0.2, 0) is 11.2 Å². The number of amides is 1. The van der Waals surface area contributed by atoms with E-state index in [2.05, 4.69) is 42.6 Å². The van der Waals surface area contributed by atoms with Crippen LogP contribution in [0.2, 0.25) is 0 Å². The largest absolute Gasteiger partial charge is 0.368 e. The summed E-state index contributed by atoms with van der Waals surface area (Å²) in [5.74, 6) is -0.336. The maximum absolute atomic E-state index is 11.3. The molecule has 0 saturated heterocycles. The van der Waals surface area contributed by atoms with Crippen LogP contribution in [0.5, 0.6) is 0 Å². The second-order valence-corrected chi connectivity index (χ2v) is 5.81. The van der Waals surface area contributed by atoms with Crippen LogP contribution < -0.4 is 11.1 Å². The third-order valence-electron chi connectivity index (χ3n) is 3.39. The summed E-state index contributed by atoms with van der Waals surface area (Å²) in [5.41, 5.74) is 7.82. The van der Waals surface area contributed by atoms with Crippen molar-refractivity contribution in [3.05, 3.63) is 57.8 Å². The normalized spacial score (nSPS) is 13.9. The van der Waals surface area contributed by atoms with Gasteiger partial charge in [-0.3, -0.25) is 10.1 Å². The molecule has 1 amide bonds. The molecule has 3 nitrogen and oxygen atoms in total. The summed E-state index contributed by atoms with van der Waals surface area (Å²) in [6.45, 7) is 3.93. The Bertz CT molecular complexity index is 548. The van der Waals surface area contributed by atoms with Gasteiger partial charge in [-0.05, 0) is 35.9 Å². The number of hydrogen-bond donors (Lipinski definition) is 2. The van der Waals surface area contributed by atoms with E-state index >= 15 is 0 Å². The molecule has 0 bridgehead atoms. The second kappa shape index (κ2) is 6.68. The lowest BCUT2D eigenvalue weighted by Crippen LogP contribution is -2.40. The molecular formula is C16H20N2OS. The number of thiophene rings is 1. The van der Waals surface area contributed by atoms with Gasteiger partial charge in [0.25, 0.3) is 0 Å². The standard InChI is InChI=1S/C16H20N2OS/c1-3-12-6-8-13(9-7-12)15(14-5-4-10-20-14)18-11(2)16(17)19/h4-11,15,18H,3H2,1-2H3,(H2,17,19)/t11-,15-/m0/s1. The Morgan fingerprint density at radius 3 is 2.50 bits per heavy atom. The first kappa shape index (κ1) is 14.8. The molecule has 0 fully saturated rings. The Morgan fingerprint density at radius 1 is 1.30 bits per heavy atom. The van der Waals surface area contributed by atoms with E-state index in [1.54, 1.807) is 18.3 Å². The van der Waals surface area contributed by atoms with E-state index in [0.29, 0.717) is 0 Å². The maximum atomic E-state index is 11.3. The number of rotatable bonds is 6. The second-order valence-electron chi connectivity index (χ2n) is 4.83. The Labute approximate surface area is 123 Å². The molecule has 0 aliphatic carbocycles. The van der Waals surface area contributed by atoms with Gasteiger partial charge in [-0.15, -0.1) is 11.3 Å². The highest BCUT2D eigenvalue weighted by Gasteiger charge is 2.19. The number of primary amides is 1. The highest BCUT2D eigenvalue weighted by Crippen LogP contribution is 2.26. The van der Waals surface area contributed by atoms with Crippen molar-refractivity contribution in [2.45, 2.75) is 32.4 Å². The van der Waals surface area contributed by atoms with Gasteiger partial charge < -0.3 is 5.73 Å². The third-order valence-corrected chi connectivity index (χ3v) is 4.33. The van der Waals surface area contributed by atoms with E-state index < -0.39 is 0 Å². The van der Waals surface area contributed by atoms with Crippen molar-refractivity contribution in [3.63, 3.8) is 0 Å². The molecule has 2 aromatic rings. The van der Waals surface area contributed by atoms with Gasteiger partial charge >= 0.3 is 0 Å². The van der Waals surface area contributed by atoms with Gasteiger partial charge in [0.15, 0.2) is 0 Å². The first-order valence-electron chi connectivity index (χ1n) is 6.79. The fourth-order valence-electron chi connectivity index (χ4n) is 2.08. The van der Waals surface area contributed by atoms with Crippen LogP contribution >= 0.6 is 11.3 Å². The first-order valence-corrected chi connectivity index (χ1v) is 7.67. The van der Waals surface area contributed by atoms with Crippen molar-refractivity contribution >= 4 is 17.2 Å². The molecule has 1 aromatic heterocycles. The SMILES string of the molecule is CCc1ccc([C@H](N[C@@H](C)C(N)=O)c2cccs2)cc1. The van der Waals surface area contributed by atoms with Gasteiger partial charge in [0, 0.05) is 4.88 Å². The zero-order valence-corrected chi connectivity index (χ0v) is 12.6. The zero-order chi connectivity index (χ0) is 14.5. The van der Waals surface area contributed by atoms with E-state index in [-0.39, 0.29) is 18.0 Å². The smallest absolute Gasteiger partial charge is 0.234 e. The molecule has 1 heterocycles. The molecule has 0 aliphatic heterocycles. The molecule has 0 aliphatic rings. The van der Waals surface area contributed by atoms with Crippen molar-refractivity contribution in [1.82, 2.24) is 5.32 Å². The van der Waals surface area contributed by atoms with E-state index in [1.165, 1.54) is 10.4 Å². The molecule has 0 unspecified atom stereocenters. The maximum Gasteiger partial charge on any atom is 0.234 e. The fraction of sp³-hybridized carbons (Fsp3) is 0.312. The summed E-state index contributed by atoms with van der Waals surface area (Å²) >= 11 is 1.67. The Hall–Kier alpha value is -1.65. The highest BCUT2D eigenvalue weighted by atomic mass is 32.1. The summed E-state index contributed by atoms with van der Waals surface area (Å²) < 4.78 is 0. The Balaban J connectivity index is 2.28. The molecule has 106 valence electrons. The number of carbonyl (C=O) groups excluding carboxylic acids is 1. The van der Waals surface area contributed by atoms with Crippen LogP contribution in [0.4, 0.5) is 0 Å². The molecule has 4 heteroatoms. The Kier molecular flexibility index (Phi) is 4.93. The van der Waals surface area contributed by atoms with Crippen molar-refractivity contribution < 1.29 is 4.79 Å². The number of nitrogens with one attached hydrogen (secondary N) is 1. The number of carbonyl (C=O) groups is 1. The lowest BCUT2D eigenvalue weighted by Gasteiger charge is -2.21. The number of hydrogen-bond acceptors (Lipinski definition) is 3. The molecule has 1 aromatic carbocycles. The average molecular weight is 288 g/mol. The van der Waals surface area contributed by atoms with Gasteiger partial charge in [-0.25, -0.2) is 0 Å². The zero-order valence-electron chi connectivity index (χ0n) is 11.8. The summed E-state index contributed by atoms with van der Waals surface area (Å²) in [6, 6.07) is 12.2. The Morgan fingerprint density at radius 2 is 2.00 bits per heavy atom. The van der Waals surface area contributed by atoms with Crippen LogP contribution in [0, 0.1) is 0 Å². The summed E-state index contributed by atoms with van der Waals surface area (Å²) in [5, 5.41) is 5.35. The molecule has 2 rings (SSSR count). The molecule has 20 heavy (non-hydrogen) atoms. The lowest BCUT2D eigenvalue weighted by molar-refractivity contribution is -0.119. The third kappa shape index (κ3) is 3.46. The van der Waals surface area contributed by atoms with Gasteiger partial charge in [-0.1, -0.05) is 37.3 Å². The van der Waals surface area contributed by atoms with Crippen LogP contribution in [0.1, 0.15) is 35.9 Å². The van der Waals surface area contributed by atoms with Crippen molar-refractivity contribution in [3.8, 4) is 0 Å². The quantitative estimate of drug-likeness (QED) is 0.858. The number of benzene rings is 1. The molecule has 3 N–H and O–H groups in total. The predicted molar refractivity (Wildman–Crippen MR) is 83.8 cm³/mol. The minimum absolute atomic E-state index is 0.00315. The van der Waals surface area contributed by atoms with Gasteiger partial charge in [-0.2, -0.15) is 0 Å². The van der Waals surface area contributed by atoms with Crippen LogP contribution in [-0.4, -0.2) is 11.9 Å². The average Bonchev–Trinajstić information content (AvgIpc) is 2.98. The minimum Gasteiger partial charge on any atom is -0.368 e. The van der Waals surface area contributed by atoms with Gasteiger partial charge in [0.2, 0.25) is 5.91 Å². The first-order chi connectivity index (χ1) is 9.61. The summed E-state index contributed by atoms with van der Waals surface area (Å²) in [4.78, 5) is 12.5. The van der Waals surface area contributed by atoms with E-state index in [4.69, 9.17) is 5.73 Å². The molecule has 0 radical (unpaired) electrons. The molecular weight excluding hydrogens is 268 g/mol. The molecule has 0 spiro atoms. The van der Waals surface area contributed by atoms with Crippen LogP contribution in [0.3, 0.4) is 0 Å².